The van der Waals surface area contributed by atoms with Gasteiger partial charge in [0.05, 0.1) is 11.7 Å². The third-order valence-electron chi connectivity index (χ3n) is 4.22. The Hall–Kier alpha value is -2.90. The summed E-state index contributed by atoms with van der Waals surface area (Å²) in [5, 5.41) is 5.87. The second-order valence-corrected chi connectivity index (χ2v) is 6.12. The normalized spacial score (nSPS) is 18.4. The number of nitrogens with zero attached hydrogens (tertiary/aromatic N) is 3. The van der Waals surface area contributed by atoms with Gasteiger partial charge in [-0.25, -0.2) is 9.78 Å². The summed E-state index contributed by atoms with van der Waals surface area (Å²) in [6.45, 7) is 3.21. The van der Waals surface area contributed by atoms with Crippen molar-refractivity contribution >= 4 is 11.8 Å². The zero-order chi connectivity index (χ0) is 17.6. The predicted octanol–water partition coefficient (Wildman–Crippen LogP) is 1.19. The van der Waals surface area contributed by atoms with E-state index in [2.05, 4.69) is 25.6 Å². The van der Waals surface area contributed by atoms with Crippen LogP contribution in [0.2, 0.25) is 0 Å². The summed E-state index contributed by atoms with van der Waals surface area (Å²) in [5.74, 6) is 0.399. The fourth-order valence-corrected chi connectivity index (χ4v) is 2.99. The molecule has 0 radical (unpaired) electrons. The van der Waals surface area contributed by atoms with Crippen LogP contribution in [0.1, 0.15) is 31.5 Å². The van der Waals surface area contributed by atoms with E-state index in [1.807, 2.05) is 30.0 Å². The van der Waals surface area contributed by atoms with E-state index in [4.69, 9.17) is 0 Å². The Balaban J connectivity index is 1.56. The SMILES string of the molecule is CC(NC(=O)NC1CCCN(c2ncc[nH]c2=O)C1)c1ccccn1. The van der Waals surface area contributed by atoms with Crippen LogP contribution in [-0.2, 0) is 0 Å². The van der Waals surface area contributed by atoms with E-state index in [0.29, 0.717) is 12.4 Å². The minimum atomic E-state index is -0.236. The van der Waals surface area contributed by atoms with Crippen molar-refractivity contribution in [3.63, 3.8) is 0 Å². The quantitative estimate of drug-likeness (QED) is 0.774. The molecule has 25 heavy (non-hydrogen) atoms. The molecule has 132 valence electrons. The van der Waals surface area contributed by atoms with E-state index in [1.165, 1.54) is 6.20 Å². The van der Waals surface area contributed by atoms with Gasteiger partial charge in [0.15, 0.2) is 5.82 Å². The average Bonchev–Trinajstić information content (AvgIpc) is 2.63. The van der Waals surface area contributed by atoms with Crippen LogP contribution in [0, 0.1) is 0 Å². The van der Waals surface area contributed by atoms with Crippen LogP contribution in [0.15, 0.2) is 41.6 Å². The van der Waals surface area contributed by atoms with Crippen molar-refractivity contribution in [2.75, 3.05) is 18.0 Å². The molecule has 2 aromatic heterocycles. The number of H-pyrrole nitrogens is 1. The maximum Gasteiger partial charge on any atom is 0.315 e. The van der Waals surface area contributed by atoms with Crippen molar-refractivity contribution in [1.82, 2.24) is 25.6 Å². The third-order valence-corrected chi connectivity index (χ3v) is 4.22. The van der Waals surface area contributed by atoms with Crippen molar-refractivity contribution < 1.29 is 4.79 Å². The zero-order valence-electron chi connectivity index (χ0n) is 14.1. The number of urea groups is 1. The van der Waals surface area contributed by atoms with Gasteiger partial charge in [-0.2, -0.15) is 0 Å². The fourth-order valence-electron chi connectivity index (χ4n) is 2.99. The summed E-state index contributed by atoms with van der Waals surface area (Å²) in [7, 11) is 0. The molecule has 0 saturated carbocycles. The molecule has 1 aliphatic rings. The lowest BCUT2D eigenvalue weighted by Gasteiger charge is -2.33. The number of carbonyl (C=O) groups excluding carboxylic acids is 1. The molecule has 1 saturated heterocycles. The lowest BCUT2D eigenvalue weighted by atomic mass is 10.1. The first-order chi connectivity index (χ1) is 12.1. The van der Waals surface area contributed by atoms with Crippen LogP contribution in [0.3, 0.4) is 0 Å². The summed E-state index contributed by atoms with van der Waals surface area (Å²) >= 11 is 0. The molecule has 2 unspecified atom stereocenters. The second-order valence-electron chi connectivity index (χ2n) is 6.12. The molecule has 1 aliphatic heterocycles. The monoisotopic (exact) mass is 342 g/mol. The number of carbonyl (C=O) groups is 1. The molecule has 3 rings (SSSR count). The number of piperidine rings is 1. The zero-order valence-corrected chi connectivity index (χ0v) is 14.1. The molecular formula is C17H22N6O2. The van der Waals surface area contributed by atoms with Crippen molar-refractivity contribution in [2.24, 2.45) is 0 Å². The summed E-state index contributed by atoms with van der Waals surface area (Å²) in [6.07, 6.45) is 6.53. The van der Waals surface area contributed by atoms with Crippen molar-refractivity contribution in [1.29, 1.82) is 0 Å². The lowest BCUT2D eigenvalue weighted by Crippen LogP contribution is -2.51. The summed E-state index contributed by atoms with van der Waals surface area (Å²) < 4.78 is 0. The minimum absolute atomic E-state index is 0.0360. The molecule has 1 fully saturated rings. The van der Waals surface area contributed by atoms with Crippen LogP contribution < -0.4 is 21.1 Å². The van der Waals surface area contributed by atoms with Gasteiger partial charge in [-0.3, -0.25) is 9.78 Å². The fraction of sp³-hybridized carbons (Fsp3) is 0.412. The van der Waals surface area contributed by atoms with Gasteiger partial charge in [-0.1, -0.05) is 6.07 Å². The maximum atomic E-state index is 12.3. The number of hydrogen-bond donors (Lipinski definition) is 3. The number of amides is 2. The Kier molecular flexibility index (Phi) is 5.27. The number of pyridine rings is 1. The Morgan fingerprint density at radius 2 is 2.24 bits per heavy atom. The molecule has 0 spiro atoms. The Morgan fingerprint density at radius 3 is 3.00 bits per heavy atom. The number of aromatic amines is 1. The van der Waals surface area contributed by atoms with E-state index < -0.39 is 0 Å². The molecule has 8 nitrogen and oxygen atoms in total. The highest BCUT2D eigenvalue weighted by atomic mass is 16.2. The number of nitrogens with one attached hydrogen (secondary N) is 3. The number of anilines is 1. The smallest absolute Gasteiger partial charge is 0.315 e. The van der Waals surface area contributed by atoms with Crippen LogP contribution in [0.4, 0.5) is 10.6 Å². The predicted molar refractivity (Wildman–Crippen MR) is 94.4 cm³/mol. The van der Waals surface area contributed by atoms with Gasteiger partial charge in [0.2, 0.25) is 0 Å². The lowest BCUT2D eigenvalue weighted by molar-refractivity contribution is 0.232. The molecule has 3 heterocycles. The van der Waals surface area contributed by atoms with Gasteiger partial charge < -0.3 is 20.5 Å². The average molecular weight is 342 g/mol. The molecule has 2 aromatic rings. The van der Waals surface area contributed by atoms with E-state index in [9.17, 15) is 9.59 Å². The van der Waals surface area contributed by atoms with Crippen LogP contribution in [0.5, 0.6) is 0 Å². The Morgan fingerprint density at radius 1 is 1.36 bits per heavy atom. The van der Waals surface area contributed by atoms with Crippen molar-refractivity contribution in [2.45, 2.75) is 31.8 Å². The van der Waals surface area contributed by atoms with Gasteiger partial charge in [0.25, 0.3) is 5.56 Å². The van der Waals surface area contributed by atoms with Crippen molar-refractivity contribution in [3.05, 3.63) is 52.8 Å². The first-order valence-corrected chi connectivity index (χ1v) is 8.40. The third kappa shape index (κ3) is 4.34. The molecule has 3 N–H and O–H groups in total. The molecule has 2 amide bonds. The molecule has 0 aliphatic carbocycles. The molecule has 8 heteroatoms. The van der Waals surface area contributed by atoms with Gasteiger partial charge in [-0.05, 0) is 31.9 Å². The topological polar surface area (TPSA) is 103 Å². The van der Waals surface area contributed by atoms with Crippen LogP contribution in [-0.4, -0.2) is 40.1 Å². The summed E-state index contributed by atoms with van der Waals surface area (Å²) in [4.78, 5) is 37.1. The highest BCUT2D eigenvalue weighted by Gasteiger charge is 2.24. The van der Waals surface area contributed by atoms with Crippen molar-refractivity contribution in [3.8, 4) is 0 Å². The number of aromatic nitrogens is 3. The standard InChI is InChI=1S/C17H22N6O2/c1-12(14-6-2-3-7-18-14)21-17(25)22-13-5-4-10-23(11-13)15-16(24)20-9-8-19-15/h2-3,6-9,12-13H,4-5,10-11H2,1H3,(H,20,24)(H2,21,22,25). The van der Waals surface area contributed by atoms with E-state index >= 15 is 0 Å². The van der Waals surface area contributed by atoms with Gasteiger partial charge in [-0.15, -0.1) is 0 Å². The largest absolute Gasteiger partial charge is 0.350 e. The van der Waals surface area contributed by atoms with Gasteiger partial charge in [0, 0.05) is 37.7 Å². The van der Waals surface area contributed by atoms with Crippen LogP contribution >= 0.6 is 0 Å². The highest BCUT2D eigenvalue weighted by molar-refractivity contribution is 5.74. The Bertz CT molecular complexity index is 763. The number of rotatable bonds is 4. The first-order valence-electron chi connectivity index (χ1n) is 8.40. The Labute approximate surface area is 145 Å². The first kappa shape index (κ1) is 16.9. The van der Waals surface area contributed by atoms with E-state index in [0.717, 1.165) is 25.1 Å². The van der Waals surface area contributed by atoms with E-state index in [1.54, 1.807) is 12.4 Å². The van der Waals surface area contributed by atoms with Gasteiger partial charge in [0.1, 0.15) is 0 Å². The minimum Gasteiger partial charge on any atom is -0.350 e. The molecule has 0 bridgehead atoms. The van der Waals surface area contributed by atoms with Crippen LogP contribution in [0.25, 0.3) is 0 Å². The second kappa shape index (κ2) is 7.78. The molecular weight excluding hydrogens is 320 g/mol. The number of hydrogen-bond acceptors (Lipinski definition) is 5. The summed E-state index contributed by atoms with van der Waals surface area (Å²) in [5.41, 5.74) is 0.597. The molecule has 0 aromatic carbocycles. The molecule has 2 atom stereocenters. The highest BCUT2D eigenvalue weighted by Crippen LogP contribution is 2.14. The van der Waals surface area contributed by atoms with Gasteiger partial charge >= 0.3 is 6.03 Å². The summed E-state index contributed by atoms with van der Waals surface area (Å²) in [6, 6.07) is 5.15. The van der Waals surface area contributed by atoms with E-state index in [-0.39, 0.29) is 23.7 Å². The maximum absolute atomic E-state index is 12.3.